The molecular formula is C27H31FN3O8PS. The number of para-hydroxylation sites is 1. The summed E-state index contributed by atoms with van der Waals surface area (Å²) in [6.45, 7) is -0.174. The minimum Gasteiger partial charge on any atom is -0.460 e. The number of benzene rings is 2. The first-order valence-electron chi connectivity index (χ1n) is 12.9. The number of hydrogen-bond donors (Lipinski definition) is 2. The third kappa shape index (κ3) is 8.88. The molecule has 2 aromatic carbocycles. The number of rotatable bonds is 14. The van der Waals surface area contributed by atoms with Gasteiger partial charge >= 0.3 is 19.4 Å². The lowest BCUT2D eigenvalue weighted by molar-refractivity contribution is -0.147. The number of carbonyl (C=O) groups is 1. The summed E-state index contributed by atoms with van der Waals surface area (Å²) in [5, 5.41) is 2.76. The smallest absolute Gasteiger partial charge is 0.459 e. The molecule has 14 heteroatoms. The van der Waals surface area contributed by atoms with Gasteiger partial charge in [-0.1, -0.05) is 48.5 Å². The van der Waals surface area contributed by atoms with Gasteiger partial charge in [-0.2, -0.15) is 21.2 Å². The van der Waals surface area contributed by atoms with Gasteiger partial charge in [-0.25, -0.2) is 9.36 Å². The number of esters is 1. The van der Waals surface area contributed by atoms with Crippen molar-refractivity contribution >= 4 is 25.5 Å². The number of hydrogen-bond acceptors (Lipinski definition) is 9. The van der Waals surface area contributed by atoms with Crippen LogP contribution in [0.5, 0.6) is 5.75 Å². The second-order valence-electron chi connectivity index (χ2n) is 9.19. The zero-order valence-electron chi connectivity index (χ0n) is 22.3. The van der Waals surface area contributed by atoms with Gasteiger partial charge in [-0.15, -0.1) is 0 Å². The van der Waals surface area contributed by atoms with Gasteiger partial charge in [0.2, 0.25) is 5.82 Å². The number of thioether (sulfide) groups is 1. The van der Waals surface area contributed by atoms with Crippen LogP contribution in [-0.2, 0) is 30.0 Å². The van der Waals surface area contributed by atoms with Crippen LogP contribution in [0.1, 0.15) is 31.1 Å². The Hall–Kier alpha value is -3.22. The highest BCUT2D eigenvalue weighted by Crippen LogP contribution is 2.46. The first-order chi connectivity index (χ1) is 19.8. The molecule has 4 unspecified atom stereocenters. The molecule has 4 atom stereocenters. The number of halogens is 1. The summed E-state index contributed by atoms with van der Waals surface area (Å²) in [7, 11) is -4.17. The molecule has 1 saturated heterocycles. The number of ether oxygens (including phenoxy) is 2. The summed E-state index contributed by atoms with van der Waals surface area (Å²) in [6.07, 6.45) is 2.19. The first-order valence-corrected chi connectivity index (χ1v) is 15.8. The minimum absolute atomic E-state index is 0.0455. The lowest BCUT2D eigenvalue weighted by Crippen LogP contribution is -2.38. The van der Waals surface area contributed by atoms with Crippen LogP contribution < -0.4 is 20.9 Å². The summed E-state index contributed by atoms with van der Waals surface area (Å²) < 4.78 is 51.6. The van der Waals surface area contributed by atoms with Gasteiger partial charge in [-0.05, 0) is 49.0 Å². The molecule has 0 amide bonds. The van der Waals surface area contributed by atoms with Gasteiger partial charge in [0.25, 0.3) is 5.56 Å². The van der Waals surface area contributed by atoms with Crippen LogP contribution >= 0.6 is 19.5 Å². The van der Waals surface area contributed by atoms with Crippen molar-refractivity contribution in [2.75, 3.05) is 18.6 Å². The van der Waals surface area contributed by atoms with Gasteiger partial charge in [0.1, 0.15) is 24.6 Å². The predicted molar refractivity (Wildman–Crippen MR) is 151 cm³/mol. The Labute approximate surface area is 239 Å². The van der Waals surface area contributed by atoms with E-state index in [-0.39, 0.29) is 19.0 Å². The van der Waals surface area contributed by atoms with Crippen molar-refractivity contribution in [3.8, 4) is 5.75 Å². The van der Waals surface area contributed by atoms with E-state index < -0.39 is 49.2 Å². The van der Waals surface area contributed by atoms with Crippen molar-refractivity contribution in [3.05, 3.63) is 99.1 Å². The third-order valence-electron chi connectivity index (χ3n) is 6.15. The first kappa shape index (κ1) is 30.7. The van der Waals surface area contributed by atoms with Crippen LogP contribution in [-0.4, -0.2) is 46.3 Å². The van der Waals surface area contributed by atoms with E-state index in [4.69, 9.17) is 18.5 Å². The van der Waals surface area contributed by atoms with Gasteiger partial charge < -0.3 is 14.0 Å². The molecular weight excluding hydrogens is 576 g/mol. The highest BCUT2D eigenvalue weighted by molar-refractivity contribution is 7.98. The Morgan fingerprint density at radius 1 is 1.17 bits per heavy atom. The van der Waals surface area contributed by atoms with Crippen molar-refractivity contribution in [2.24, 2.45) is 0 Å². The molecule has 1 aliphatic rings. The average Bonchev–Trinajstić information content (AvgIpc) is 3.45. The molecule has 0 aliphatic carbocycles. The van der Waals surface area contributed by atoms with E-state index in [0.29, 0.717) is 25.0 Å². The normalized spacial score (nSPS) is 18.9. The highest BCUT2D eigenvalue weighted by Gasteiger charge is 2.37. The number of carbonyl (C=O) groups excluding carboxylic acids is 1. The van der Waals surface area contributed by atoms with Gasteiger partial charge in [0.15, 0.2) is 0 Å². The molecule has 2 N–H and O–H groups in total. The fourth-order valence-electron chi connectivity index (χ4n) is 4.07. The summed E-state index contributed by atoms with van der Waals surface area (Å²) in [6, 6.07) is 16.5. The number of nitrogens with zero attached hydrogens (tertiary/aromatic N) is 1. The van der Waals surface area contributed by atoms with E-state index in [9.17, 15) is 23.3 Å². The lowest BCUT2D eigenvalue weighted by Gasteiger charge is -2.25. The maximum atomic E-state index is 14.0. The van der Waals surface area contributed by atoms with Crippen LogP contribution in [0, 0.1) is 5.82 Å². The van der Waals surface area contributed by atoms with Crippen molar-refractivity contribution < 1.29 is 32.3 Å². The maximum Gasteiger partial charge on any atom is 0.459 e. The van der Waals surface area contributed by atoms with Crippen LogP contribution in [0.3, 0.4) is 0 Å². The third-order valence-corrected chi connectivity index (χ3v) is 8.36. The Bertz CT molecular complexity index is 1460. The van der Waals surface area contributed by atoms with Crippen LogP contribution in [0.25, 0.3) is 0 Å². The van der Waals surface area contributed by atoms with Crippen molar-refractivity contribution in [3.63, 3.8) is 0 Å². The second-order valence-corrected chi connectivity index (χ2v) is 11.9. The number of aromatic amines is 1. The molecule has 0 bridgehead atoms. The fourth-order valence-corrected chi connectivity index (χ4v) is 6.10. The van der Waals surface area contributed by atoms with Crippen LogP contribution in [0.2, 0.25) is 0 Å². The highest BCUT2D eigenvalue weighted by atomic mass is 32.2. The molecule has 220 valence electrons. The molecule has 41 heavy (non-hydrogen) atoms. The largest absolute Gasteiger partial charge is 0.460 e. The summed E-state index contributed by atoms with van der Waals surface area (Å²) >= 11 is 1.51. The summed E-state index contributed by atoms with van der Waals surface area (Å²) in [5.74, 6) is -0.903. The zero-order valence-corrected chi connectivity index (χ0v) is 24.0. The van der Waals surface area contributed by atoms with Crippen molar-refractivity contribution in [1.29, 1.82) is 0 Å². The Kier molecular flexibility index (Phi) is 10.9. The molecule has 3 aromatic rings. The molecule has 0 radical (unpaired) electrons. The molecule has 1 fully saturated rings. The minimum atomic E-state index is -4.17. The van der Waals surface area contributed by atoms with E-state index in [0.717, 1.165) is 16.3 Å². The molecule has 2 heterocycles. The Balaban J connectivity index is 1.46. The molecule has 1 aromatic heterocycles. The van der Waals surface area contributed by atoms with Crippen molar-refractivity contribution in [2.45, 2.75) is 44.2 Å². The standard InChI is InChI=1S/C27H31FN3O8PS/c1-41-15-14-23(26(33)36-17-19-8-4-2-5-9-19)30-40(35,39-20-10-6-3-7-11-20)37-18-21-12-13-24(38-21)31-16-22(28)25(32)29-27(31)34/h2-11,16,21,23-24H,12-15,17-18H2,1H3,(H,30,35)(H,29,32,34). The lowest BCUT2D eigenvalue weighted by atomic mass is 10.2. The van der Waals surface area contributed by atoms with Gasteiger partial charge in [-0.3, -0.25) is 23.7 Å². The van der Waals surface area contributed by atoms with Crippen LogP contribution in [0.4, 0.5) is 4.39 Å². The number of aromatic nitrogens is 2. The quantitative estimate of drug-likeness (QED) is 0.204. The maximum absolute atomic E-state index is 14.0. The fraction of sp³-hybridized carbons (Fsp3) is 0.370. The van der Waals surface area contributed by atoms with Crippen molar-refractivity contribution in [1.82, 2.24) is 14.6 Å². The molecule has 4 rings (SSSR count). The van der Waals surface area contributed by atoms with Crippen LogP contribution in [0.15, 0.2) is 76.4 Å². The van der Waals surface area contributed by atoms with E-state index in [1.807, 2.05) is 41.6 Å². The molecule has 11 nitrogen and oxygen atoms in total. The Morgan fingerprint density at radius 3 is 2.59 bits per heavy atom. The topological polar surface area (TPSA) is 138 Å². The second kappa shape index (κ2) is 14.6. The van der Waals surface area contributed by atoms with Gasteiger partial charge in [0, 0.05) is 0 Å². The monoisotopic (exact) mass is 607 g/mol. The average molecular weight is 608 g/mol. The number of H-pyrrole nitrogens is 1. The van der Waals surface area contributed by atoms with E-state index in [1.54, 1.807) is 30.3 Å². The number of nitrogens with one attached hydrogen (secondary N) is 2. The molecule has 1 aliphatic heterocycles. The Morgan fingerprint density at radius 2 is 1.88 bits per heavy atom. The predicted octanol–water partition coefficient (Wildman–Crippen LogP) is 4.01. The molecule has 0 saturated carbocycles. The SMILES string of the molecule is CSCCC(NP(=O)(OCC1CCC(n2cc(F)c(=O)[nH]c2=O)O1)Oc1ccccc1)C(=O)OCc1ccccc1. The van der Waals surface area contributed by atoms with E-state index in [1.165, 1.54) is 11.8 Å². The summed E-state index contributed by atoms with van der Waals surface area (Å²) in [4.78, 5) is 38.4. The van der Waals surface area contributed by atoms with E-state index in [2.05, 4.69) is 5.09 Å². The summed E-state index contributed by atoms with van der Waals surface area (Å²) in [5.41, 5.74) is -1.13. The molecule has 0 spiro atoms. The van der Waals surface area contributed by atoms with Gasteiger partial charge in [0.05, 0.1) is 18.9 Å². The zero-order chi connectivity index (χ0) is 29.2. The van der Waals surface area contributed by atoms with E-state index >= 15 is 0 Å².